The van der Waals surface area contributed by atoms with E-state index in [4.69, 9.17) is 0 Å². The van der Waals surface area contributed by atoms with Gasteiger partial charge in [0.05, 0.1) is 0 Å². The SMILES string of the molecule is CSCCCCC(CNC(C)C)c1ccccc1. The van der Waals surface area contributed by atoms with E-state index in [1.807, 2.05) is 11.8 Å². The Morgan fingerprint density at radius 1 is 1.11 bits per heavy atom. The molecule has 0 saturated carbocycles. The maximum absolute atomic E-state index is 3.58. The zero-order chi connectivity index (χ0) is 13.2. The van der Waals surface area contributed by atoms with Crippen LogP contribution in [0.4, 0.5) is 0 Å². The van der Waals surface area contributed by atoms with Crippen molar-refractivity contribution in [2.24, 2.45) is 0 Å². The van der Waals surface area contributed by atoms with Crippen LogP contribution < -0.4 is 5.32 Å². The summed E-state index contributed by atoms with van der Waals surface area (Å²) in [7, 11) is 0. The number of hydrogen-bond donors (Lipinski definition) is 1. The highest BCUT2D eigenvalue weighted by atomic mass is 32.2. The van der Waals surface area contributed by atoms with Gasteiger partial charge in [0, 0.05) is 12.6 Å². The molecule has 0 amide bonds. The Morgan fingerprint density at radius 2 is 1.83 bits per heavy atom. The molecule has 1 rings (SSSR count). The molecule has 0 radical (unpaired) electrons. The number of hydrogen-bond acceptors (Lipinski definition) is 2. The zero-order valence-corrected chi connectivity index (χ0v) is 12.8. The largest absolute Gasteiger partial charge is 0.314 e. The molecule has 0 fully saturated rings. The van der Waals surface area contributed by atoms with Crippen LogP contribution in [-0.2, 0) is 0 Å². The third kappa shape index (κ3) is 6.46. The molecule has 1 aromatic carbocycles. The van der Waals surface area contributed by atoms with Crippen molar-refractivity contribution in [3.05, 3.63) is 35.9 Å². The highest BCUT2D eigenvalue weighted by Gasteiger charge is 2.11. The smallest absolute Gasteiger partial charge is 0.00225 e. The van der Waals surface area contributed by atoms with E-state index in [-0.39, 0.29) is 0 Å². The third-order valence-electron chi connectivity index (χ3n) is 3.19. The van der Waals surface area contributed by atoms with Crippen molar-refractivity contribution in [3.63, 3.8) is 0 Å². The van der Waals surface area contributed by atoms with E-state index in [1.54, 1.807) is 0 Å². The minimum atomic E-state index is 0.572. The molecular formula is C16H27NS. The summed E-state index contributed by atoms with van der Waals surface area (Å²) in [6, 6.07) is 11.5. The van der Waals surface area contributed by atoms with E-state index in [0.29, 0.717) is 12.0 Å². The highest BCUT2D eigenvalue weighted by molar-refractivity contribution is 7.98. The van der Waals surface area contributed by atoms with Crippen molar-refractivity contribution in [2.45, 2.75) is 45.1 Å². The molecule has 0 saturated heterocycles. The molecule has 0 aliphatic carbocycles. The molecule has 102 valence electrons. The monoisotopic (exact) mass is 265 g/mol. The first-order valence-corrected chi connectivity index (χ1v) is 8.40. The Balaban J connectivity index is 2.47. The molecule has 1 atom stereocenters. The fourth-order valence-electron chi connectivity index (χ4n) is 2.13. The Morgan fingerprint density at radius 3 is 2.44 bits per heavy atom. The number of benzene rings is 1. The first-order valence-electron chi connectivity index (χ1n) is 7.01. The van der Waals surface area contributed by atoms with E-state index in [1.165, 1.54) is 30.6 Å². The normalized spacial score (nSPS) is 12.9. The molecule has 0 heterocycles. The fourth-order valence-corrected chi connectivity index (χ4v) is 2.62. The minimum absolute atomic E-state index is 0.572. The van der Waals surface area contributed by atoms with Crippen LogP contribution in [0, 0.1) is 0 Å². The molecule has 0 aliphatic rings. The number of nitrogens with one attached hydrogen (secondary N) is 1. The summed E-state index contributed by atoms with van der Waals surface area (Å²) in [5.74, 6) is 1.95. The van der Waals surface area contributed by atoms with Crippen LogP contribution in [0.15, 0.2) is 30.3 Å². The van der Waals surface area contributed by atoms with Crippen molar-refractivity contribution >= 4 is 11.8 Å². The quantitative estimate of drug-likeness (QED) is 0.668. The number of thioether (sulfide) groups is 1. The Kier molecular flexibility index (Phi) is 8.19. The lowest BCUT2D eigenvalue weighted by Crippen LogP contribution is -2.28. The summed E-state index contributed by atoms with van der Waals surface area (Å²) in [6.45, 7) is 5.53. The number of rotatable bonds is 9. The van der Waals surface area contributed by atoms with E-state index in [0.717, 1.165) is 6.54 Å². The molecule has 2 heteroatoms. The molecule has 1 aromatic rings. The molecule has 0 aliphatic heterocycles. The Bertz CT molecular complexity index is 297. The first-order chi connectivity index (χ1) is 8.74. The standard InChI is InChI=1S/C16H27NS/c1-14(2)17-13-16(11-7-8-12-18-3)15-9-5-4-6-10-15/h4-6,9-10,14,16-17H,7-8,11-13H2,1-3H3. The predicted molar refractivity (Wildman–Crippen MR) is 84.6 cm³/mol. The van der Waals surface area contributed by atoms with E-state index in [2.05, 4.69) is 55.8 Å². The second kappa shape index (κ2) is 9.46. The molecule has 1 N–H and O–H groups in total. The summed E-state index contributed by atoms with van der Waals surface area (Å²) >= 11 is 1.95. The van der Waals surface area contributed by atoms with E-state index < -0.39 is 0 Å². The Labute approximate surface area is 117 Å². The van der Waals surface area contributed by atoms with Gasteiger partial charge in [0.1, 0.15) is 0 Å². The van der Waals surface area contributed by atoms with Gasteiger partial charge in [-0.2, -0.15) is 11.8 Å². The van der Waals surface area contributed by atoms with Gasteiger partial charge >= 0.3 is 0 Å². The van der Waals surface area contributed by atoms with Crippen LogP contribution >= 0.6 is 11.8 Å². The lowest BCUT2D eigenvalue weighted by molar-refractivity contribution is 0.496. The summed E-state index contributed by atoms with van der Waals surface area (Å²) in [4.78, 5) is 0. The van der Waals surface area contributed by atoms with Crippen LogP contribution in [0.25, 0.3) is 0 Å². The predicted octanol–water partition coefficient (Wildman–Crippen LogP) is 4.30. The average molecular weight is 265 g/mol. The van der Waals surface area contributed by atoms with Crippen LogP contribution in [0.1, 0.15) is 44.6 Å². The van der Waals surface area contributed by atoms with Gasteiger partial charge in [-0.25, -0.2) is 0 Å². The highest BCUT2D eigenvalue weighted by Crippen LogP contribution is 2.21. The third-order valence-corrected chi connectivity index (χ3v) is 3.89. The second-order valence-electron chi connectivity index (χ2n) is 5.16. The topological polar surface area (TPSA) is 12.0 Å². The van der Waals surface area contributed by atoms with Crippen LogP contribution in [0.2, 0.25) is 0 Å². The van der Waals surface area contributed by atoms with Gasteiger partial charge in [0.2, 0.25) is 0 Å². The molecule has 0 aromatic heterocycles. The molecular weight excluding hydrogens is 238 g/mol. The summed E-state index contributed by atoms with van der Waals surface area (Å²) in [6.07, 6.45) is 6.16. The van der Waals surface area contributed by atoms with Gasteiger partial charge in [-0.3, -0.25) is 0 Å². The van der Waals surface area contributed by atoms with Gasteiger partial charge in [-0.15, -0.1) is 0 Å². The zero-order valence-electron chi connectivity index (χ0n) is 12.0. The van der Waals surface area contributed by atoms with Crippen molar-refractivity contribution in [1.29, 1.82) is 0 Å². The molecule has 1 unspecified atom stereocenters. The fraction of sp³-hybridized carbons (Fsp3) is 0.625. The van der Waals surface area contributed by atoms with Crippen molar-refractivity contribution in [1.82, 2.24) is 5.32 Å². The van der Waals surface area contributed by atoms with Gasteiger partial charge in [0.15, 0.2) is 0 Å². The summed E-state index contributed by atoms with van der Waals surface area (Å²) in [5.41, 5.74) is 1.48. The van der Waals surface area contributed by atoms with Gasteiger partial charge in [0.25, 0.3) is 0 Å². The second-order valence-corrected chi connectivity index (χ2v) is 6.14. The maximum Gasteiger partial charge on any atom is 0.00225 e. The Hall–Kier alpha value is -0.470. The summed E-state index contributed by atoms with van der Waals surface area (Å²) in [5, 5.41) is 3.58. The van der Waals surface area contributed by atoms with Crippen LogP contribution in [-0.4, -0.2) is 24.6 Å². The number of unbranched alkanes of at least 4 members (excludes halogenated alkanes) is 1. The van der Waals surface area contributed by atoms with E-state index in [9.17, 15) is 0 Å². The molecule has 1 nitrogen and oxygen atoms in total. The lowest BCUT2D eigenvalue weighted by Gasteiger charge is -2.19. The van der Waals surface area contributed by atoms with Crippen LogP contribution in [0.5, 0.6) is 0 Å². The molecule has 0 bridgehead atoms. The summed E-state index contributed by atoms with van der Waals surface area (Å²) < 4.78 is 0. The minimum Gasteiger partial charge on any atom is -0.314 e. The van der Waals surface area contributed by atoms with Crippen LogP contribution in [0.3, 0.4) is 0 Å². The van der Waals surface area contributed by atoms with Gasteiger partial charge < -0.3 is 5.32 Å². The van der Waals surface area contributed by atoms with E-state index >= 15 is 0 Å². The van der Waals surface area contributed by atoms with Crippen molar-refractivity contribution in [3.8, 4) is 0 Å². The molecule has 18 heavy (non-hydrogen) atoms. The van der Waals surface area contributed by atoms with Gasteiger partial charge in [-0.1, -0.05) is 50.6 Å². The first kappa shape index (κ1) is 15.6. The maximum atomic E-state index is 3.58. The van der Waals surface area contributed by atoms with Crippen molar-refractivity contribution in [2.75, 3.05) is 18.6 Å². The lowest BCUT2D eigenvalue weighted by atomic mass is 9.93. The van der Waals surface area contributed by atoms with Crippen molar-refractivity contribution < 1.29 is 0 Å². The molecule has 0 spiro atoms. The average Bonchev–Trinajstić information content (AvgIpc) is 2.38. The van der Waals surface area contributed by atoms with Gasteiger partial charge in [-0.05, 0) is 36.3 Å².